The predicted octanol–water partition coefficient (Wildman–Crippen LogP) is 4.78. The van der Waals surface area contributed by atoms with Gasteiger partial charge in [-0.15, -0.1) is 0 Å². The number of aliphatic hydroxyl groups is 1. The van der Waals surface area contributed by atoms with Gasteiger partial charge in [-0.05, 0) is 53.8 Å². The summed E-state index contributed by atoms with van der Waals surface area (Å²) in [4.78, 5) is 2.20. The molecule has 1 saturated heterocycles. The van der Waals surface area contributed by atoms with Crippen LogP contribution in [0, 0.1) is 5.92 Å². The van der Waals surface area contributed by atoms with E-state index in [2.05, 4.69) is 66.5 Å². The highest BCUT2D eigenvalue weighted by atomic mass is 16.6. The van der Waals surface area contributed by atoms with Crippen LogP contribution in [-0.2, 0) is 10.5 Å². The Morgan fingerprint density at radius 2 is 1.64 bits per heavy atom. The van der Waals surface area contributed by atoms with Gasteiger partial charge in [0.25, 0.3) is 0 Å². The molecule has 3 nitrogen and oxygen atoms in total. The number of ether oxygens (including phenoxy) is 1. The normalized spacial score (nSPS) is 26.3. The first kappa shape index (κ1) is 17.9. The smallest absolute Gasteiger partial charge is 0.205 e. The average Bonchev–Trinajstić information content (AvgIpc) is 2.66. The molecule has 3 heteroatoms. The lowest BCUT2D eigenvalue weighted by molar-refractivity contribution is -0.287. The van der Waals surface area contributed by atoms with E-state index < -0.39 is 5.79 Å². The number of β-amino-alcohol motifs (C(OH)–C–C–N with tert-alkyl or cyclic N) is 1. The molecule has 2 atom stereocenters. The topological polar surface area (TPSA) is 32.7 Å². The molecule has 0 radical (unpaired) electrons. The fraction of sp³-hybridized carbons (Fsp3) is 0.360. The lowest BCUT2D eigenvalue weighted by Gasteiger charge is -2.46. The SMILES string of the molecule is CN1CC(C2CCC2)OC(O)(c2ccc(-c3ccc4ccccc4c3)cc2)C1. The molecule has 144 valence electrons. The lowest BCUT2D eigenvalue weighted by atomic mass is 9.80. The van der Waals surface area contributed by atoms with Crippen LogP contribution in [0.1, 0.15) is 24.8 Å². The van der Waals surface area contributed by atoms with Gasteiger partial charge in [0.15, 0.2) is 0 Å². The van der Waals surface area contributed by atoms with Crippen molar-refractivity contribution >= 4 is 10.8 Å². The van der Waals surface area contributed by atoms with Gasteiger partial charge in [-0.1, -0.05) is 67.1 Å². The van der Waals surface area contributed by atoms with E-state index in [1.165, 1.54) is 35.6 Å². The van der Waals surface area contributed by atoms with Crippen molar-refractivity contribution in [2.24, 2.45) is 5.92 Å². The number of nitrogens with zero attached hydrogens (tertiary/aromatic N) is 1. The molecule has 2 fully saturated rings. The van der Waals surface area contributed by atoms with Gasteiger partial charge in [-0.3, -0.25) is 4.90 Å². The van der Waals surface area contributed by atoms with Gasteiger partial charge in [0, 0.05) is 12.1 Å². The minimum Gasteiger partial charge on any atom is -0.361 e. The number of hydrogen-bond acceptors (Lipinski definition) is 3. The van der Waals surface area contributed by atoms with E-state index in [0.29, 0.717) is 12.5 Å². The van der Waals surface area contributed by atoms with Crippen molar-refractivity contribution < 1.29 is 9.84 Å². The molecular weight excluding hydrogens is 346 g/mol. The van der Waals surface area contributed by atoms with Crippen LogP contribution in [-0.4, -0.2) is 36.2 Å². The number of morpholine rings is 1. The van der Waals surface area contributed by atoms with E-state index in [1.807, 2.05) is 12.1 Å². The third-order valence-corrected chi connectivity index (χ3v) is 6.42. The van der Waals surface area contributed by atoms with Gasteiger partial charge < -0.3 is 9.84 Å². The van der Waals surface area contributed by atoms with Crippen molar-refractivity contribution in [3.8, 4) is 11.1 Å². The van der Waals surface area contributed by atoms with Crippen molar-refractivity contribution in [3.63, 3.8) is 0 Å². The third-order valence-electron chi connectivity index (χ3n) is 6.42. The van der Waals surface area contributed by atoms with Crippen LogP contribution in [0.3, 0.4) is 0 Å². The van der Waals surface area contributed by atoms with Crippen molar-refractivity contribution in [1.82, 2.24) is 4.90 Å². The highest BCUT2D eigenvalue weighted by Crippen LogP contribution is 2.39. The van der Waals surface area contributed by atoms with Crippen LogP contribution >= 0.6 is 0 Å². The molecule has 1 aliphatic heterocycles. The Labute approximate surface area is 166 Å². The van der Waals surface area contributed by atoms with Crippen molar-refractivity contribution in [2.75, 3.05) is 20.1 Å². The maximum absolute atomic E-state index is 11.3. The third kappa shape index (κ3) is 3.24. The summed E-state index contributed by atoms with van der Waals surface area (Å²) in [6.07, 6.45) is 3.84. The van der Waals surface area contributed by atoms with Crippen LogP contribution < -0.4 is 0 Å². The van der Waals surface area contributed by atoms with E-state index in [4.69, 9.17) is 4.74 Å². The highest BCUT2D eigenvalue weighted by Gasteiger charge is 2.43. The number of likely N-dealkylation sites (N-methyl/N-ethyl adjacent to an activating group) is 1. The van der Waals surface area contributed by atoms with E-state index in [9.17, 15) is 5.11 Å². The van der Waals surface area contributed by atoms with Crippen LogP contribution in [0.4, 0.5) is 0 Å². The molecule has 0 spiro atoms. The fourth-order valence-electron chi connectivity index (χ4n) is 4.57. The second-order valence-electron chi connectivity index (χ2n) is 8.47. The van der Waals surface area contributed by atoms with Crippen LogP contribution in [0.5, 0.6) is 0 Å². The summed E-state index contributed by atoms with van der Waals surface area (Å²) in [6, 6.07) is 23.2. The van der Waals surface area contributed by atoms with Crippen LogP contribution in [0.25, 0.3) is 21.9 Å². The minimum absolute atomic E-state index is 0.123. The Morgan fingerprint density at radius 3 is 2.36 bits per heavy atom. The summed E-state index contributed by atoms with van der Waals surface area (Å²) in [5.41, 5.74) is 3.18. The van der Waals surface area contributed by atoms with Gasteiger partial charge in [0.05, 0.1) is 12.6 Å². The van der Waals surface area contributed by atoms with E-state index >= 15 is 0 Å². The molecule has 2 aliphatic rings. The first-order valence-corrected chi connectivity index (χ1v) is 10.3. The summed E-state index contributed by atoms with van der Waals surface area (Å²) in [5, 5.41) is 13.8. The molecule has 3 aromatic rings. The molecule has 1 N–H and O–H groups in total. The Kier molecular flexibility index (Phi) is 4.47. The number of fused-ring (bicyclic) bond motifs is 1. The number of hydrogen-bond donors (Lipinski definition) is 1. The van der Waals surface area contributed by atoms with E-state index in [1.54, 1.807) is 0 Å². The van der Waals surface area contributed by atoms with Crippen molar-refractivity contribution in [3.05, 3.63) is 72.3 Å². The van der Waals surface area contributed by atoms with Crippen LogP contribution in [0.15, 0.2) is 66.7 Å². The maximum Gasteiger partial charge on any atom is 0.205 e. The summed E-state index contributed by atoms with van der Waals surface area (Å²) < 4.78 is 6.25. The lowest BCUT2D eigenvalue weighted by Crippen LogP contribution is -2.55. The number of rotatable bonds is 3. The van der Waals surface area contributed by atoms with Crippen molar-refractivity contribution in [2.45, 2.75) is 31.2 Å². The first-order chi connectivity index (χ1) is 13.6. The first-order valence-electron chi connectivity index (χ1n) is 10.3. The summed E-state index contributed by atoms with van der Waals surface area (Å²) in [6.45, 7) is 1.41. The Morgan fingerprint density at radius 1 is 0.929 bits per heavy atom. The van der Waals surface area contributed by atoms with Crippen LogP contribution in [0.2, 0.25) is 0 Å². The molecule has 28 heavy (non-hydrogen) atoms. The monoisotopic (exact) mass is 373 g/mol. The Balaban J connectivity index is 1.41. The Bertz CT molecular complexity index is 979. The second-order valence-corrected chi connectivity index (χ2v) is 8.47. The minimum atomic E-state index is -1.23. The van der Waals surface area contributed by atoms with Gasteiger partial charge in [-0.25, -0.2) is 0 Å². The standard InChI is InChI=1S/C25H27NO2/c1-26-16-24(20-7-4-8-20)28-25(27,17-26)23-13-11-19(12-14-23)22-10-9-18-5-2-3-6-21(18)15-22/h2-3,5-6,9-15,20,24,27H,4,7-8,16-17H2,1H3. The predicted molar refractivity (Wildman–Crippen MR) is 113 cm³/mol. The van der Waals surface area contributed by atoms with Gasteiger partial charge >= 0.3 is 0 Å². The summed E-state index contributed by atoms with van der Waals surface area (Å²) >= 11 is 0. The zero-order valence-electron chi connectivity index (χ0n) is 16.3. The summed E-state index contributed by atoms with van der Waals surface area (Å²) in [5.74, 6) is -0.638. The maximum atomic E-state index is 11.3. The molecule has 5 rings (SSSR count). The molecule has 1 saturated carbocycles. The molecule has 0 amide bonds. The number of benzene rings is 3. The van der Waals surface area contributed by atoms with Crippen molar-refractivity contribution in [1.29, 1.82) is 0 Å². The van der Waals surface area contributed by atoms with Gasteiger partial charge in [0.2, 0.25) is 5.79 Å². The molecule has 2 unspecified atom stereocenters. The second kappa shape index (κ2) is 7.00. The van der Waals surface area contributed by atoms with E-state index in [-0.39, 0.29) is 6.10 Å². The molecule has 0 aromatic heterocycles. The highest BCUT2D eigenvalue weighted by molar-refractivity contribution is 5.87. The molecule has 3 aromatic carbocycles. The zero-order valence-corrected chi connectivity index (χ0v) is 16.3. The van der Waals surface area contributed by atoms with E-state index in [0.717, 1.165) is 17.7 Å². The fourth-order valence-corrected chi connectivity index (χ4v) is 4.57. The van der Waals surface area contributed by atoms with Gasteiger partial charge in [-0.2, -0.15) is 0 Å². The molecule has 0 bridgehead atoms. The Hall–Kier alpha value is -2.20. The molecular formula is C25H27NO2. The summed E-state index contributed by atoms with van der Waals surface area (Å²) in [7, 11) is 2.07. The quantitative estimate of drug-likeness (QED) is 0.717. The molecule has 1 aliphatic carbocycles. The van der Waals surface area contributed by atoms with Gasteiger partial charge in [0.1, 0.15) is 0 Å². The zero-order chi connectivity index (χ0) is 19.1. The molecule has 1 heterocycles. The largest absolute Gasteiger partial charge is 0.361 e. The average molecular weight is 373 g/mol.